The van der Waals surface area contributed by atoms with E-state index >= 15 is 0 Å². The number of fused-ring (bicyclic) bond motifs is 1. The molecular formula is C15H17N3O2. The first-order chi connectivity index (χ1) is 9.81. The van der Waals surface area contributed by atoms with E-state index in [0.29, 0.717) is 19.5 Å². The molecule has 1 aliphatic rings. The van der Waals surface area contributed by atoms with Crippen molar-refractivity contribution < 1.29 is 9.53 Å². The summed E-state index contributed by atoms with van der Waals surface area (Å²) >= 11 is 0. The Balaban J connectivity index is 1.41. The second-order valence-electron chi connectivity index (χ2n) is 4.91. The monoisotopic (exact) mass is 271 g/mol. The van der Waals surface area contributed by atoms with Gasteiger partial charge in [0.1, 0.15) is 11.9 Å². The van der Waals surface area contributed by atoms with Gasteiger partial charge in [0.15, 0.2) is 0 Å². The molecular weight excluding hydrogens is 254 g/mol. The van der Waals surface area contributed by atoms with Crippen LogP contribution in [0.25, 0.3) is 0 Å². The number of benzene rings is 1. The molecule has 0 saturated carbocycles. The van der Waals surface area contributed by atoms with Crippen molar-refractivity contribution >= 4 is 5.91 Å². The highest BCUT2D eigenvalue weighted by Crippen LogP contribution is 2.27. The van der Waals surface area contributed by atoms with E-state index in [0.717, 1.165) is 12.2 Å². The number of hydrogen-bond acceptors (Lipinski definition) is 3. The number of ether oxygens (including phenoxy) is 1. The maximum absolute atomic E-state index is 11.8. The van der Waals surface area contributed by atoms with Crippen LogP contribution in [-0.2, 0) is 17.8 Å². The second kappa shape index (κ2) is 5.77. The Hall–Kier alpha value is -2.30. The van der Waals surface area contributed by atoms with E-state index in [4.69, 9.17) is 4.74 Å². The number of nitrogens with zero attached hydrogens (tertiary/aromatic N) is 2. The highest BCUT2D eigenvalue weighted by atomic mass is 16.5. The van der Waals surface area contributed by atoms with Gasteiger partial charge in [0.2, 0.25) is 5.91 Å². The number of rotatable bonds is 5. The Morgan fingerprint density at radius 2 is 2.35 bits per heavy atom. The lowest BCUT2D eigenvalue weighted by molar-refractivity contribution is -0.121. The van der Waals surface area contributed by atoms with E-state index in [9.17, 15) is 4.79 Å². The topological polar surface area (TPSA) is 56.2 Å². The van der Waals surface area contributed by atoms with E-state index in [-0.39, 0.29) is 12.0 Å². The Morgan fingerprint density at radius 3 is 3.15 bits per heavy atom. The largest absolute Gasteiger partial charge is 0.488 e. The summed E-state index contributed by atoms with van der Waals surface area (Å²) in [6.07, 6.45) is 6.63. The number of aryl methyl sites for hydroxylation is 1. The molecule has 0 radical (unpaired) electrons. The van der Waals surface area contributed by atoms with Crippen molar-refractivity contribution in [1.82, 2.24) is 14.9 Å². The van der Waals surface area contributed by atoms with Gasteiger partial charge in [-0.05, 0) is 11.6 Å². The third-order valence-corrected chi connectivity index (χ3v) is 3.40. The summed E-state index contributed by atoms with van der Waals surface area (Å²) in [6.45, 7) is 1.20. The molecule has 1 aromatic heterocycles. The number of aromatic nitrogens is 2. The molecule has 0 spiro atoms. The minimum atomic E-state index is 0.0401. The zero-order valence-corrected chi connectivity index (χ0v) is 11.2. The highest BCUT2D eigenvalue weighted by molar-refractivity contribution is 5.75. The Bertz CT molecular complexity index is 556. The van der Waals surface area contributed by atoms with E-state index in [1.807, 2.05) is 29.0 Å². The van der Waals surface area contributed by atoms with Crippen molar-refractivity contribution in [2.75, 3.05) is 6.54 Å². The fraction of sp³-hybridized carbons (Fsp3) is 0.333. The van der Waals surface area contributed by atoms with E-state index in [2.05, 4.69) is 16.4 Å². The minimum Gasteiger partial charge on any atom is -0.488 e. The molecule has 1 amide bonds. The molecule has 3 rings (SSSR count). The second-order valence-corrected chi connectivity index (χ2v) is 4.91. The number of nitrogens with one attached hydrogen (secondary N) is 1. The Morgan fingerprint density at radius 1 is 1.45 bits per heavy atom. The summed E-state index contributed by atoms with van der Waals surface area (Å²) < 4.78 is 7.67. The van der Waals surface area contributed by atoms with Crippen LogP contribution in [0, 0.1) is 0 Å². The van der Waals surface area contributed by atoms with Crippen LogP contribution in [0.2, 0.25) is 0 Å². The fourth-order valence-electron chi connectivity index (χ4n) is 2.33. The standard InChI is InChI=1S/C15H17N3O2/c19-15(5-7-18-8-6-16-11-18)17-10-13-9-12-3-1-2-4-14(12)20-13/h1-4,6,8,11,13H,5,7,9-10H2,(H,17,19)/t13-/m1/s1. The zero-order chi connectivity index (χ0) is 13.8. The molecule has 1 aliphatic heterocycles. The molecule has 0 bridgehead atoms. The van der Waals surface area contributed by atoms with Gasteiger partial charge in [0, 0.05) is 31.8 Å². The number of carbonyl (C=O) groups excluding carboxylic acids is 1. The van der Waals surface area contributed by atoms with Crippen LogP contribution < -0.4 is 10.1 Å². The quantitative estimate of drug-likeness (QED) is 0.894. The summed E-state index contributed by atoms with van der Waals surface area (Å²) in [5, 5.41) is 2.92. The van der Waals surface area contributed by atoms with Crippen molar-refractivity contribution in [1.29, 1.82) is 0 Å². The average molecular weight is 271 g/mol. The van der Waals surface area contributed by atoms with Gasteiger partial charge in [-0.1, -0.05) is 18.2 Å². The van der Waals surface area contributed by atoms with E-state index in [1.165, 1.54) is 5.56 Å². The number of carbonyl (C=O) groups is 1. The Labute approximate surface area is 117 Å². The van der Waals surface area contributed by atoms with Crippen LogP contribution in [-0.4, -0.2) is 28.1 Å². The van der Waals surface area contributed by atoms with Gasteiger partial charge in [-0.3, -0.25) is 4.79 Å². The molecule has 1 atom stereocenters. The zero-order valence-electron chi connectivity index (χ0n) is 11.2. The highest BCUT2D eigenvalue weighted by Gasteiger charge is 2.22. The first-order valence-electron chi connectivity index (χ1n) is 6.78. The molecule has 2 heterocycles. The lowest BCUT2D eigenvalue weighted by Crippen LogP contribution is -2.34. The summed E-state index contributed by atoms with van der Waals surface area (Å²) in [7, 11) is 0. The molecule has 1 N–H and O–H groups in total. The summed E-state index contributed by atoms with van der Waals surface area (Å²) in [6, 6.07) is 8.01. The van der Waals surface area contributed by atoms with Crippen molar-refractivity contribution in [3.8, 4) is 5.75 Å². The summed E-state index contributed by atoms with van der Waals surface area (Å²) in [4.78, 5) is 15.7. The SMILES string of the molecule is O=C(CCn1ccnc1)NC[C@H]1Cc2ccccc2O1. The number of amides is 1. The predicted octanol–water partition coefficient (Wildman–Crippen LogP) is 1.39. The fourth-order valence-corrected chi connectivity index (χ4v) is 2.33. The first-order valence-corrected chi connectivity index (χ1v) is 6.78. The van der Waals surface area contributed by atoms with Crippen LogP contribution in [0.1, 0.15) is 12.0 Å². The van der Waals surface area contributed by atoms with E-state index < -0.39 is 0 Å². The van der Waals surface area contributed by atoms with E-state index in [1.54, 1.807) is 12.5 Å². The molecule has 0 saturated heterocycles. The smallest absolute Gasteiger partial charge is 0.221 e. The van der Waals surface area contributed by atoms with Gasteiger partial charge in [-0.2, -0.15) is 0 Å². The van der Waals surface area contributed by atoms with Crippen molar-refractivity contribution in [2.45, 2.75) is 25.5 Å². The van der Waals surface area contributed by atoms with Gasteiger partial charge in [-0.25, -0.2) is 4.98 Å². The normalized spacial score (nSPS) is 16.5. The molecule has 20 heavy (non-hydrogen) atoms. The van der Waals surface area contributed by atoms with Gasteiger partial charge < -0.3 is 14.6 Å². The first kappa shape index (κ1) is 12.7. The van der Waals surface area contributed by atoms with Crippen molar-refractivity contribution in [3.63, 3.8) is 0 Å². The van der Waals surface area contributed by atoms with Crippen LogP contribution >= 0.6 is 0 Å². The van der Waals surface area contributed by atoms with Crippen molar-refractivity contribution in [2.24, 2.45) is 0 Å². The molecule has 104 valence electrons. The number of hydrogen-bond donors (Lipinski definition) is 1. The minimum absolute atomic E-state index is 0.0401. The predicted molar refractivity (Wildman–Crippen MR) is 74.4 cm³/mol. The molecule has 0 aliphatic carbocycles. The average Bonchev–Trinajstić information content (AvgIpc) is 3.11. The van der Waals surface area contributed by atoms with Crippen LogP contribution in [0.4, 0.5) is 0 Å². The van der Waals surface area contributed by atoms with Gasteiger partial charge in [0.05, 0.1) is 12.9 Å². The molecule has 2 aromatic rings. The number of imidazole rings is 1. The van der Waals surface area contributed by atoms with Gasteiger partial charge in [0.25, 0.3) is 0 Å². The van der Waals surface area contributed by atoms with Gasteiger partial charge in [-0.15, -0.1) is 0 Å². The van der Waals surface area contributed by atoms with Crippen LogP contribution in [0.5, 0.6) is 5.75 Å². The summed E-state index contributed by atoms with van der Waals surface area (Å²) in [5.74, 6) is 0.975. The molecule has 0 fully saturated rings. The Kier molecular flexibility index (Phi) is 3.67. The summed E-state index contributed by atoms with van der Waals surface area (Å²) in [5.41, 5.74) is 1.21. The maximum Gasteiger partial charge on any atom is 0.221 e. The third-order valence-electron chi connectivity index (χ3n) is 3.40. The number of para-hydroxylation sites is 1. The van der Waals surface area contributed by atoms with Crippen LogP contribution in [0.3, 0.4) is 0 Å². The van der Waals surface area contributed by atoms with Crippen LogP contribution in [0.15, 0.2) is 43.0 Å². The van der Waals surface area contributed by atoms with Crippen molar-refractivity contribution in [3.05, 3.63) is 48.5 Å². The molecule has 5 heteroatoms. The lowest BCUT2D eigenvalue weighted by Gasteiger charge is -2.12. The molecule has 5 nitrogen and oxygen atoms in total. The molecule has 1 aromatic carbocycles. The maximum atomic E-state index is 11.8. The molecule has 0 unspecified atom stereocenters. The van der Waals surface area contributed by atoms with Gasteiger partial charge >= 0.3 is 0 Å². The lowest BCUT2D eigenvalue weighted by atomic mass is 10.1. The third kappa shape index (κ3) is 2.99.